The lowest BCUT2D eigenvalue weighted by molar-refractivity contribution is 0.0762. The highest BCUT2D eigenvalue weighted by Crippen LogP contribution is 2.18. The lowest BCUT2D eigenvalue weighted by atomic mass is 10.2. The standard InChI is InChI=1S/C10H15N3O3/c1-4-13(5-2)10(15)8-7(11)9(6(3)14)16-12-8/h4-5,11H2,1-3H3. The van der Waals surface area contributed by atoms with Gasteiger partial charge < -0.3 is 15.2 Å². The maximum absolute atomic E-state index is 11.9. The molecule has 0 atom stereocenters. The molecule has 16 heavy (non-hydrogen) atoms. The average Bonchev–Trinajstić information content (AvgIpc) is 2.61. The van der Waals surface area contributed by atoms with Gasteiger partial charge in [0.25, 0.3) is 5.91 Å². The molecule has 1 amide bonds. The van der Waals surface area contributed by atoms with Crippen LogP contribution in [0.1, 0.15) is 41.8 Å². The number of carbonyl (C=O) groups excluding carboxylic acids is 2. The van der Waals surface area contributed by atoms with Gasteiger partial charge in [-0.15, -0.1) is 0 Å². The van der Waals surface area contributed by atoms with Gasteiger partial charge in [-0.3, -0.25) is 9.59 Å². The molecule has 1 aromatic rings. The number of hydrogen-bond acceptors (Lipinski definition) is 5. The summed E-state index contributed by atoms with van der Waals surface area (Å²) in [5.74, 6) is -0.724. The van der Waals surface area contributed by atoms with Crippen molar-refractivity contribution in [2.45, 2.75) is 20.8 Å². The summed E-state index contributed by atoms with van der Waals surface area (Å²) < 4.78 is 4.75. The minimum Gasteiger partial charge on any atom is -0.393 e. The number of ketones is 1. The van der Waals surface area contributed by atoms with Gasteiger partial charge in [-0.2, -0.15) is 0 Å². The number of aromatic nitrogens is 1. The van der Waals surface area contributed by atoms with Crippen LogP contribution < -0.4 is 5.73 Å². The van der Waals surface area contributed by atoms with E-state index in [9.17, 15) is 9.59 Å². The van der Waals surface area contributed by atoms with Crippen molar-refractivity contribution in [3.8, 4) is 0 Å². The Hall–Kier alpha value is -1.85. The number of carbonyl (C=O) groups is 2. The quantitative estimate of drug-likeness (QED) is 0.770. The van der Waals surface area contributed by atoms with Crippen LogP contribution in [0.4, 0.5) is 5.69 Å². The Labute approximate surface area is 93.4 Å². The number of Topliss-reactive ketones (excluding diaryl/α,β-unsaturated/α-hetero) is 1. The second kappa shape index (κ2) is 4.78. The van der Waals surface area contributed by atoms with Gasteiger partial charge in [0.05, 0.1) is 0 Å². The highest BCUT2D eigenvalue weighted by Gasteiger charge is 2.24. The molecule has 0 saturated carbocycles. The van der Waals surface area contributed by atoms with Crippen molar-refractivity contribution in [2.75, 3.05) is 18.8 Å². The predicted octanol–water partition coefficient (Wildman–Crippen LogP) is 0.941. The van der Waals surface area contributed by atoms with E-state index in [0.29, 0.717) is 13.1 Å². The van der Waals surface area contributed by atoms with E-state index >= 15 is 0 Å². The Kier molecular flexibility index (Phi) is 3.65. The zero-order valence-corrected chi connectivity index (χ0v) is 9.61. The number of anilines is 1. The molecule has 88 valence electrons. The molecule has 0 aliphatic rings. The summed E-state index contributed by atoms with van der Waals surface area (Å²) in [6.45, 7) is 6.11. The SMILES string of the molecule is CCN(CC)C(=O)c1noc(C(C)=O)c1N. The van der Waals surface area contributed by atoms with Crippen molar-refractivity contribution in [2.24, 2.45) is 0 Å². The first-order valence-electron chi connectivity index (χ1n) is 5.08. The molecule has 6 nitrogen and oxygen atoms in total. The van der Waals surface area contributed by atoms with Gasteiger partial charge in [0.1, 0.15) is 5.69 Å². The molecule has 0 aliphatic carbocycles. The van der Waals surface area contributed by atoms with Crippen LogP contribution in [0.5, 0.6) is 0 Å². The second-order valence-corrected chi connectivity index (χ2v) is 3.31. The average molecular weight is 225 g/mol. The highest BCUT2D eigenvalue weighted by molar-refractivity contribution is 6.04. The summed E-state index contributed by atoms with van der Waals surface area (Å²) in [4.78, 5) is 24.5. The summed E-state index contributed by atoms with van der Waals surface area (Å²) in [6, 6.07) is 0. The maximum Gasteiger partial charge on any atom is 0.278 e. The van der Waals surface area contributed by atoms with Gasteiger partial charge in [0, 0.05) is 20.0 Å². The number of nitrogens with zero attached hydrogens (tertiary/aromatic N) is 2. The van der Waals surface area contributed by atoms with Crippen molar-refractivity contribution < 1.29 is 14.1 Å². The molecule has 0 spiro atoms. The van der Waals surface area contributed by atoms with E-state index in [1.807, 2.05) is 13.8 Å². The maximum atomic E-state index is 11.9. The van der Waals surface area contributed by atoms with Gasteiger partial charge in [-0.25, -0.2) is 0 Å². The third-order valence-corrected chi connectivity index (χ3v) is 2.30. The van der Waals surface area contributed by atoms with Gasteiger partial charge in [0.15, 0.2) is 11.5 Å². The lowest BCUT2D eigenvalue weighted by Crippen LogP contribution is -2.31. The van der Waals surface area contributed by atoms with E-state index in [4.69, 9.17) is 10.3 Å². The van der Waals surface area contributed by atoms with Crippen molar-refractivity contribution in [1.29, 1.82) is 0 Å². The van der Waals surface area contributed by atoms with Crippen molar-refractivity contribution in [1.82, 2.24) is 10.1 Å². The Morgan fingerprint density at radius 2 is 1.94 bits per heavy atom. The molecule has 0 radical (unpaired) electrons. The second-order valence-electron chi connectivity index (χ2n) is 3.31. The topological polar surface area (TPSA) is 89.4 Å². The zero-order valence-electron chi connectivity index (χ0n) is 9.61. The summed E-state index contributed by atoms with van der Waals surface area (Å²) >= 11 is 0. The zero-order chi connectivity index (χ0) is 12.3. The van der Waals surface area contributed by atoms with E-state index < -0.39 is 0 Å². The Bertz CT molecular complexity index is 407. The molecule has 0 aliphatic heterocycles. The number of nitrogens with two attached hydrogens (primary N) is 1. The molecular weight excluding hydrogens is 210 g/mol. The highest BCUT2D eigenvalue weighted by atomic mass is 16.5. The Balaban J connectivity index is 3.05. The molecule has 0 fully saturated rings. The molecular formula is C10H15N3O3. The van der Waals surface area contributed by atoms with Crippen LogP contribution in [0, 0.1) is 0 Å². The molecule has 0 saturated heterocycles. The van der Waals surface area contributed by atoms with Gasteiger partial charge >= 0.3 is 0 Å². The summed E-state index contributed by atoms with van der Waals surface area (Å²) in [5.41, 5.74) is 5.65. The smallest absolute Gasteiger partial charge is 0.278 e. The summed E-state index contributed by atoms with van der Waals surface area (Å²) in [5, 5.41) is 3.54. The molecule has 0 aromatic carbocycles. The van der Waals surface area contributed by atoms with Crippen LogP contribution in [-0.2, 0) is 0 Å². The monoisotopic (exact) mass is 225 g/mol. The molecule has 1 heterocycles. The first-order chi connectivity index (χ1) is 7.52. The van der Waals surface area contributed by atoms with Crippen LogP contribution in [0.3, 0.4) is 0 Å². The minimum atomic E-state index is -0.344. The third-order valence-electron chi connectivity index (χ3n) is 2.30. The van der Waals surface area contributed by atoms with E-state index in [1.54, 1.807) is 4.90 Å². The molecule has 1 aromatic heterocycles. The van der Waals surface area contributed by atoms with E-state index in [0.717, 1.165) is 0 Å². The number of nitrogen functional groups attached to an aromatic ring is 1. The first-order valence-corrected chi connectivity index (χ1v) is 5.08. The molecule has 0 unspecified atom stereocenters. The van der Waals surface area contributed by atoms with Gasteiger partial charge in [0.2, 0.25) is 5.76 Å². The van der Waals surface area contributed by atoms with Crippen LogP contribution in [-0.4, -0.2) is 34.8 Å². The van der Waals surface area contributed by atoms with Crippen molar-refractivity contribution in [3.63, 3.8) is 0 Å². The van der Waals surface area contributed by atoms with Crippen LogP contribution >= 0.6 is 0 Å². The molecule has 1 rings (SSSR count). The van der Waals surface area contributed by atoms with Crippen LogP contribution in [0.15, 0.2) is 4.52 Å². The molecule has 0 bridgehead atoms. The number of hydrogen-bond donors (Lipinski definition) is 1. The molecule has 2 N–H and O–H groups in total. The summed E-state index contributed by atoms with van der Waals surface area (Å²) in [6.07, 6.45) is 0. The summed E-state index contributed by atoms with van der Waals surface area (Å²) in [7, 11) is 0. The fourth-order valence-electron chi connectivity index (χ4n) is 1.37. The van der Waals surface area contributed by atoms with Crippen molar-refractivity contribution >= 4 is 17.4 Å². The van der Waals surface area contributed by atoms with Crippen molar-refractivity contribution in [3.05, 3.63) is 11.5 Å². The Morgan fingerprint density at radius 3 is 2.31 bits per heavy atom. The van der Waals surface area contributed by atoms with Crippen LogP contribution in [0.2, 0.25) is 0 Å². The largest absolute Gasteiger partial charge is 0.393 e. The number of rotatable bonds is 4. The fourth-order valence-corrected chi connectivity index (χ4v) is 1.37. The van der Waals surface area contributed by atoms with Gasteiger partial charge in [-0.05, 0) is 13.8 Å². The molecule has 6 heteroatoms. The predicted molar refractivity (Wildman–Crippen MR) is 58.2 cm³/mol. The third kappa shape index (κ3) is 2.05. The Morgan fingerprint density at radius 1 is 1.38 bits per heavy atom. The first kappa shape index (κ1) is 12.2. The lowest BCUT2D eigenvalue weighted by Gasteiger charge is -2.16. The van der Waals surface area contributed by atoms with E-state index in [-0.39, 0.29) is 28.8 Å². The van der Waals surface area contributed by atoms with Gasteiger partial charge in [-0.1, -0.05) is 5.16 Å². The minimum absolute atomic E-state index is 0.00824. The van der Waals surface area contributed by atoms with E-state index in [2.05, 4.69) is 5.16 Å². The fraction of sp³-hybridized carbons (Fsp3) is 0.500. The van der Waals surface area contributed by atoms with Crippen LogP contribution in [0.25, 0.3) is 0 Å². The normalized spacial score (nSPS) is 10.2. The van der Waals surface area contributed by atoms with E-state index in [1.165, 1.54) is 6.92 Å². The number of amides is 1.